The summed E-state index contributed by atoms with van der Waals surface area (Å²) in [5.74, 6) is 0. The van der Waals surface area contributed by atoms with Gasteiger partial charge in [0.15, 0.2) is 0 Å². The van der Waals surface area contributed by atoms with Crippen molar-refractivity contribution in [2.75, 3.05) is 0 Å². The standard InChI is InChI=1S/2C22H25.C12H7Si.Zr/c2*1-5-6-8-18-13-19-9-7-10-20(22(19)14-18)21-12-15(2)11-16(3)17(21)4;1-3-7-11-9(5-1)10-6-2-4-8-12(10)13-11;/h2*7,9-14H,5-6,8H2,1-4H3;1-7H;/q3*-1;+3. The van der Waals surface area contributed by atoms with Gasteiger partial charge in [0.05, 0.1) is 9.52 Å². The quantitative estimate of drug-likeness (QED) is 0.106. The number of unbranched alkanes of at least 4 members (excludes halogenated alkanes) is 2. The van der Waals surface area contributed by atoms with Crippen LogP contribution >= 0.6 is 0 Å². The molecule has 8 aromatic carbocycles. The third-order valence-corrected chi connectivity index (χ3v) is 13.2. The van der Waals surface area contributed by atoms with Gasteiger partial charge in [-0.2, -0.15) is 41.6 Å². The van der Waals surface area contributed by atoms with Crippen molar-refractivity contribution in [2.24, 2.45) is 0 Å². The summed E-state index contributed by atoms with van der Waals surface area (Å²) < 4.78 is 0. The van der Waals surface area contributed by atoms with E-state index in [-0.39, 0.29) is 26.2 Å². The van der Waals surface area contributed by atoms with E-state index in [1.807, 2.05) is 6.07 Å². The molecule has 1 heterocycles. The van der Waals surface area contributed by atoms with Crippen molar-refractivity contribution in [1.82, 2.24) is 0 Å². The minimum atomic E-state index is 0. The summed E-state index contributed by atoms with van der Waals surface area (Å²) in [4.78, 5) is 0. The first kappa shape index (κ1) is 43.2. The third-order valence-electron chi connectivity index (χ3n) is 11.8. The zero-order chi connectivity index (χ0) is 40.1. The maximum absolute atomic E-state index is 3.31. The average molecular weight is 849 g/mol. The van der Waals surface area contributed by atoms with Crippen LogP contribution < -0.4 is 10.4 Å². The molecule has 0 saturated carbocycles. The Kier molecular flexibility index (Phi) is 14.6. The number of fused-ring (bicyclic) bond motifs is 5. The monoisotopic (exact) mass is 847 g/mol. The van der Waals surface area contributed by atoms with Crippen molar-refractivity contribution in [3.8, 4) is 33.4 Å². The second-order valence-electron chi connectivity index (χ2n) is 16.2. The van der Waals surface area contributed by atoms with Gasteiger partial charge in [-0.15, -0.1) is 74.6 Å². The fourth-order valence-electron chi connectivity index (χ4n) is 8.48. The molecular formula is C56H57SiZr. The molecule has 0 unspecified atom stereocenters. The van der Waals surface area contributed by atoms with Gasteiger partial charge >= 0.3 is 26.2 Å². The Labute approximate surface area is 370 Å². The molecule has 0 saturated heterocycles. The van der Waals surface area contributed by atoms with Crippen LogP contribution in [-0.2, 0) is 39.0 Å². The smallest absolute Gasteiger partial charge is 0.184 e. The summed E-state index contributed by atoms with van der Waals surface area (Å²) >= 11 is 0. The molecule has 1 aliphatic rings. The van der Waals surface area contributed by atoms with E-state index in [0.717, 1.165) is 9.52 Å². The van der Waals surface area contributed by atoms with Crippen molar-refractivity contribution in [1.29, 1.82) is 0 Å². The fourth-order valence-corrected chi connectivity index (χ4v) is 9.79. The van der Waals surface area contributed by atoms with Crippen LogP contribution in [0.5, 0.6) is 0 Å². The molecule has 1 aliphatic heterocycles. The SMILES string of the molecule is CCCCc1cc2c(-c3cc(C)cc(C)c3C)cccc2[cH-]1.CCCCc1cc2c(-c3cc(C)cc(C)c3C)cccc2[cH-]1.[Zr+3].[c-]1cccc2c1[Si]c1ccccc1-2. The molecule has 2 heteroatoms. The van der Waals surface area contributed by atoms with Crippen LogP contribution in [0.15, 0.2) is 127 Å². The Balaban J connectivity index is 0.000000150. The molecule has 0 spiro atoms. The van der Waals surface area contributed by atoms with E-state index < -0.39 is 0 Å². The zero-order valence-corrected chi connectivity index (χ0v) is 39.3. The molecule has 0 aliphatic carbocycles. The molecule has 0 N–H and O–H groups in total. The number of aryl methyl sites for hydroxylation is 6. The number of hydrogen-bond donors (Lipinski definition) is 0. The maximum atomic E-state index is 3.31. The molecule has 8 aromatic rings. The minimum Gasteiger partial charge on any atom is -0.184 e. The normalized spacial score (nSPS) is 11.3. The van der Waals surface area contributed by atoms with Crippen molar-refractivity contribution in [3.05, 3.63) is 178 Å². The Morgan fingerprint density at radius 1 is 0.500 bits per heavy atom. The van der Waals surface area contributed by atoms with Crippen LogP contribution in [0.25, 0.3) is 54.9 Å². The first-order chi connectivity index (χ1) is 27.6. The zero-order valence-electron chi connectivity index (χ0n) is 35.9. The van der Waals surface area contributed by atoms with Crippen LogP contribution in [0.4, 0.5) is 0 Å². The molecular weight excluding hydrogens is 792 g/mol. The van der Waals surface area contributed by atoms with Crippen LogP contribution in [0, 0.1) is 47.6 Å². The van der Waals surface area contributed by atoms with E-state index >= 15 is 0 Å². The molecule has 0 fully saturated rings. The Morgan fingerprint density at radius 2 is 0.983 bits per heavy atom. The number of rotatable bonds is 8. The van der Waals surface area contributed by atoms with E-state index in [1.54, 1.807) is 0 Å². The molecule has 0 aromatic heterocycles. The first-order valence-electron chi connectivity index (χ1n) is 21.0. The summed E-state index contributed by atoms with van der Waals surface area (Å²) in [6.45, 7) is 17.8. The van der Waals surface area contributed by atoms with E-state index in [1.165, 1.54) is 148 Å². The predicted molar refractivity (Wildman–Crippen MR) is 251 cm³/mol. The summed E-state index contributed by atoms with van der Waals surface area (Å²) in [6.07, 6.45) is 7.44. The molecule has 0 nitrogen and oxygen atoms in total. The maximum Gasteiger partial charge on any atom is 3.00 e. The van der Waals surface area contributed by atoms with Crippen molar-refractivity contribution in [3.63, 3.8) is 0 Å². The van der Waals surface area contributed by atoms with Gasteiger partial charge in [0, 0.05) is 0 Å². The Bertz CT molecular complexity index is 2460. The Morgan fingerprint density at radius 3 is 1.50 bits per heavy atom. The first-order valence-corrected chi connectivity index (χ1v) is 22.0. The van der Waals surface area contributed by atoms with Crippen molar-refractivity contribution >= 4 is 41.4 Å². The van der Waals surface area contributed by atoms with Gasteiger partial charge in [-0.3, -0.25) is 0 Å². The predicted octanol–water partition coefficient (Wildman–Crippen LogP) is 14.1. The fraction of sp³-hybridized carbons (Fsp3) is 0.250. The minimum absolute atomic E-state index is 0. The topological polar surface area (TPSA) is 0 Å². The van der Waals surface area contributed by atoms with Gasteiger partial charge in [-0.25, -0.2) is 0 Å². The molecule has 289 valence electrons. The molecule has 0 bridgehead atoms. The van der Waals surface area contributed by atoms with Crippen LogP contribution in [-0.4, -0.2) is 9.52 Å². The molecule has 0 amide bonds. The molecule has 0 atom stereocenters. The van der Waals surface area contributed by atoms with Crippen LogP contribution in [0.2, 0.25) is 0 Å². The second kappa shape index (κ2) is 19.6. The van der Waals surface area contributed by atoms with Gasteiger partial charge in [0.25, 0.3) is 0 Å². The van der Waals surface area contributed by atoms with Gasteiger partial charge in [0.2, 0.25) is 0 Å². The summed E-state index contributed by atoms with van der Waals surface area (Å²) in [5.41, 5.74) is 19.5. The molecule has 3 radical (unpaired) electrons. The van der Waals surface area contributed by atoms with Crippen LogP contribution in [0.1, 0.15) is 84.0 Å². The number of hydrogen-bond acceptors (Lipinski definition) is 0. The average Bonchev–Trinajstić information content (AvgIpc) is 3.94. The van der Waals surface area contributed by atoms with Crippen LogP contribution in [0.3, 0.4) is 0 Å². The van der Waals surface area contributed by atoms with E-state index in [4.69, 9.17) is 0 Å². The molecule has 58 heavy (non-hydrogen) atoms. The van der Waals surface area contributed by atoms with E-state index in [0.29, 0.717) is 0 Å². The van der Waals surface area contributed by atoms with Gasteiger partial charge in [0.1, 0.15) is 0 Å². The molecule has 9 rings (SSSR count). The second-order valence-corrected chi connectivity index (χ2v) is 17.5. The number of benzene rings is 6. The van der Waals surface area contributed by atoms with E-state index in [2.05, 4.69) is 183 Å². The van der Waals surface area contributed by atoms with E-state index in [9.17, 15) is 0 Å². The van der Waals surface area contributed by atoms with Gasteiger partial charge in [-0.1, -0.05) is 133 Å². The summed E-state index contributed by atoms with van der Waals surface area (Å²) in [7, 11) is 0.795. The largest absolute Gasteiger partial charge is 3.00 e. The third kappa shape index (κ3) is 9.57. The summed E-state index contributed by atoms with van der Waals surface area (Å²) in [6, 6.07) is 50.3. The summed E-state index contributed by atoms with van der Waals surface area (Å²) in [5, 5.41) is 8.39. The Hall–Kier alpha value is -4.36. The van der Waals surface area contributed by atoms with Gasteiger partial charge < -0.3 is 0 Å². The van der Waals surface area contributed by atoms with Crippen molar-refractivity contribution in [2.45, 2.75) is 93.9 Å². The van der Waals surface area contributed by atoms with Crippen molar-refractivity contribution < 1.29 is 26.2 Å². The van der Waals surface area contributed by atoms with Gasteiger partial charge in [-0.05, 0) is 87.8 Å².